The van der Waals surface area contributed by atoms with Crippen molar-refractivity contribution >= 4 is 44.2 Å². The van der Waals surface area contributed by atoms with Gasteiger partial charge in [0.15, 0.2) is 0 Å². The normalized spacial score (nSPS) is 12.0. The van der Waals surface area contributed by atoms with Gasteiger partial charge in [-0.1, -0.05) is 190 Å². The van der Waals surface area contributed by atoms with Gasteiger partial charge in [0, 0.05) is 0 Å². The lowest BCUT2D eigenvalue weighted by atomic mass is 9.97. The zero-order valence-corrected chi connectivity index (χ0v) is 25.3. The van der Waals surface area contributed by atoms with Crippen LogP contribution < -0.4 is 10.4 Å². The lowest BCUT2D eigenvalue weighted by Crippen LogP contribution is -2.26. The van der Waals surface area contributed by atoms with Crippen LogP contribution in [0, 0.1) is 6.92 Å². The summed E-state index contributed by atoms with van der Waals surface area (Å²) in [6, 6.07) is 44.6. The fourth-order valence-electron chi connectivity index (χ4n) is 4.82. The van der Waals surface area contributed by atoms with E-state index in [9.17, 15) is 0 Å². The summed E-state index contributed by atoms with van der Waals surface area (Å²) in [7, 11) is -0.491. The Labute approximate surface area is 257 Å². The van der Waals surface area contributed by atoms with E-state index in [2.05, 4.69) is 166 Å². The molecule has 5 aromatic rings. The predicted molar refractivity (Wildman–Crippen MR) is 194 cm³/mol. The van der Waals surface area contributed by atoms with Gasteiger partial charge in [0.2, 0.25) is 0 Å². The van der Waals surface area contributed by atoms with Gasteiger partial charge in [-0.2, -0.15) is 0 Å². The Morgan fingerprint density at radius 1 is 0.500 bits per heavy atom. The third-order valence-electron chi connectivity index (χ3n) is 7.72. The molecule has 0 saturated heterocycles. The molecule has 0 bridgehead atoms. The van der Waals surface area contributed by atoms with E-state index < -0.39 is 9.52 Å². The molecule has 0 spiro atoms. The van der Waals surface area contributed by atoms with E-state index >= 15 is 0 Å². The molecule has 0 N–H and O–H groups in total. The average molecular weight is 567 g/mol. The number of rotatable bonds is 9. The van der Waals surface area contributed by atoms with Gasteiger partial charge in [0.25, 0.3) is 0 Å². The van der Waals surface area contributed by atoms with E-state index in [0.717, 1.165) is 0 Å². The van der Waals surface area contributed by atoms with E-state index in [1.165, 1.54) is 61.3 Å². The molecule has 0 heterocycles. The van der Waals surface area contributed by atoms with E-state index in [-0.39, 0.29) is 14.9 Å². The van der Waals surface area contributed by atoms with Crippen LogP contribution in [0.25, 0.3) is 35.4 Å². The summed E-state index contributed by atoms with van der Waals surface area (Å²) in [5.74, 6) is 0.621. The molecule has 1 unspecified atom stereocenters. The molecule has 1 atom stereocenters. The van der Waals surface area contributed by atoms with E-state index in [4.69, 9.17) is 0 Å². The van der Waals surface area contributed by atoms with Gasteiger partial charge in [0.1, 0.15) is 0 Å². The molecule has 0 aliphatic rings. The number of benzene rings is 5. The van der Waals surface area contributed by atoms with Gasteiger partial charge in [-0.25, -0.2) is 0 Å². The third-order valence-corrected chi connectivity index (χ3v) is 9.48. The van der Waals surface area contributed by atoms with Gasteiger partial charge in [-0.15, -0.1) is 0 Å². The van der Waals surface area contributed by atoms with Gasteiger partial charge >= 0.3 is 0 Å². The number of aryl methyl sites for hydroxylation is 1. The Balaban J connectivity index is 0.00000242. The maximum Gasteiger partial charge on any atom is 0.0875 e. The standard InChI is InChI=1S/C39H38Si.2CH4/c1-4-30(3)35-21-11-31(12-22-35)7-9-33-15-25-38(26-16-33)40-39-27-17-34(18-28-39)10-8-32-13-23-37(24-14-32)36-19-5-29(2)6-20-36;;/h5-28,30H,4,40H2,1-3H3;2*1H4. The first-order valence-corrected chi connectivity index (χ1v) is 15.8. The topological polar surface area (TPSA) is 0 Å². The Bertz CT molecular complexity index is 1550. The first-order chi connectivity index (χ1) is 19.6. The molecule has 1 heteroatoms. The van der Waals surface area contributed by atoms with Crippen LogP contribution in [-0.2, 0) is 0 Å². The van der Waals surface area contributed by atoms with Crippen molar-refractivity contribution in [2.24, 2.45) is 0 Å². The minimum atomic E-state index is -0.491. The first kappa shape index (κ1) is 32.3. The summed E-state index contributed by atoms with van der Waals surface area (Å²) in [5.41, 5.74) is 10.2. The van der Waals surface area contributed by atoms with Crippen LogP contribution in [-0.4, -0.2) is 9.52 Å². The van der Waals surface area contributed by atoms with Crippen molar-refractivity contribution in [2.75, 3.05) is 0 Å². The second-order valence-electron chi connectivity index (χ2n) is 10.8. The summed E-state index contributed by atoms with van der Waals surface area (Å²) in [5, 5.41) is 2.93. The summed E-state index contributed by atoms with van der Waals surface area (Å²) < 4.78 is 0. The van der Waals surface area contributed by atoms with Crippen LogP contribution in [0.4, 0.5) is 0 Å². The number of hydrogen-bond donors (Lipinski definition) is 0. The molecule has 0 fully saturated rings. The molecule has 214 valence electrons. The molecule has 0 saturated carbocycles. The highest BCUT2D eigenvalue weighted by atomic mass is 28.2. The monoisotopic (exact) mass is 566 g/mol. The molecular formula is C41H46Si. The van der Waals surface area contributed by atoms with Crippen molar-refractivity contribution in [1.29, 1.82) is 0 Å². The van der Waals surface area contributed by atoms with E-state index in [1.807, 2.05) is 0 Å². The maximum absolute atomic E-state index is 2.30. The SMILES string of the molecule is C.C.CCC(C)c1ccc(C=Cc2ccc([SiH2]c3ccc(C=Cc4ccc(-c5ccc(C)cc5)cc4)cc3)cc2)cc1. The quantitative estimate of drug-likeness (QED) is 0.123. The largest absolute Gasteiger partial charge is 0.0875 e. The Hall–Kier alpha value is -4.20. The third kappa shape index (κ3) is 8.90. The van der Waals surface area contributed by atoms with Crippen molar-refractivity contribution in [3.05, 3.63) is 155 Å². The molecule has 0 aliphatic heterocycles. The zero-order valence-electron chi connectivity index (χ0n) is 23.8. The minimum Gasteiger partial charge on any atom is -0.0776 e. The summed E-state index contributed by atoms with van der Waals surface area (Å²) >= 11 is 0. The predicted octanol–water partition coefficient (Wildman–Crippen LogP) is 9.91. The highest BCUT2D eigenvalue weighted by Crippen LogP contribution is 2.21. The molecule has 0 nitrogen and oxygen atoms in total. The van der Waals surface area contributed by atoms with Crippen LogP contribution in [0.15, 0.2) is 121 Å². The highest BCUT2D eigenvalue weighted by Gasteiger charge is 2.02. The van der Waals surface area contributed by atoms with Gasteiger partial charge in [0.05, 0.1) is 9.52 Å². The van der Waals surface area contributed by atoms with Crippen LogP contribution in [0.3, 0.4) is 0 Å². The Kier molecular flexibility index (Phi) is 12.1. The molecule has 0 amide bonds. The van der Waals surface area contributed by atoms with Gasteiger partial charge in [-0.05, 0) is 58.2 Å². The van der Waals surface area contributed by atoms with Crippen molar-refractivity contribution in [1.82, 2.24) is 0 Å². The van der Waals surface area contributed by atoms with Crippen molar-refractivity contribution in [3.63, 3.8) is 0 Å². The Morgan fingerprint density at radius 3 is 1.21 bits per heavy atom. The smallest absolute Gasteiger partial charge is 0.0776 e. The molecule has 5 aromatic carbocycles. The van der Waals surface area contributed by atoms with E-state index in [0.29, 0.717) is 5.92 Å². The van der Waals surface area contributed by atoms with Crippen LogP contribution in [0.5, 0.6) is 0 Å². The van der Waals surface area contributed by atoms with Crippen molar-refractivity contribution in [2.45, 2.75) is 48.0 Å². The molecule has 5 rings (SSSR count). The minimum absolute atomic E-state index is 0. The second kappa shape index (κ2) is 15.7. The molecule has 0 aliphatic carbocycles. The fraction of sp³-hybridized carbons (Fsp3) is 0.171. The fourth-order valence-corrected chi connectivity index (χ4v) is 6.23. The molecule has 0 aromatic heterocycles. The van der Waals surface area contributed by atoms with Gasteiger partial charge in [-0.3, -0.25) is 0 Å². The van der Waals surface area contributed by atoms with E-state index in [1.54, 1.807) is 0 Å². The highest BCUT2D eigenvalue weighted by molar-refractivity contribution is 6.67. The van der Waals surface area contributed by atoms with Crippen LogP contribution in [0.1, 0.15) is 74.4 Å². The van der Waals surface area contributed by atoms with Crippen molar-refractivity contribution in [3.8, 4) is 11.1 Å². The molecular weight excluding hydrogens is 521 g/mol. The summed E-state index contributed by atoms with van der Waals surface area (Å²) in [4.78, 5) is 0. The first-order valence-electron chi connectivity index (χ1n) is 14.4. The van der Waals surface area contributed by atoms with Gasteiger partial charge < -0.3 is 0 Å². The maximum atomic E-state index is 2.30. The van der Waals surface area contributed by atoms with Crippen LogP contribution in [0.2, 0.25) is 0 Å². The lowest BCUT2D eigenvalue weighted by Gasteiger charge is -2.08. The average Bonchev–Trinajstić information content (AvgIpc) is 3.01. The van der Waals surface area contributed by atoms with Crippen molar-refractivity contribution < 1.29 is 0 Å². The Morgan fingerprint density at radius 2 is 0.833 bits per heavy atom. The summed E-state index contributed by atoms with van der Waals surface area (Å²) in [6.45, 7) is 6.65. The zero-order chi connectivity index (χ0) is 27.7. The second-order valence-corrected chi connectivity index (χ2v) is 12.8. The molecule has 42 heavy (non-hydrogen) atoms. The lowest BCUT2D eigenvalue weighted by molar-refractivity contribution is 0.733. The molecule has 0 radical (unpaired) electrons. The summed E-state index contributed by atoms with van der Waals surface area (Å²) in [6.07, 6.45) is 9.98. The van der Waals surface area contributed by atoms with Crippen LogP contribution >= 0.6 is 0 Å². The number of hydrogen-bond acceptors (Lipinski definition) is 0.